The van der Waals surface area contributed by atoms with Crippen LogP contribution in [0.2, 0.25) is 0 Å². The van der Waals surface area contributed by atoms with Crippen molar-refractivity contribution in [2.45, 2.75) is 50.1 Å². The minimum absolute atomic E-state index is 0.110. The number of unbranched alkanes of at least 4 members (excludes halogenated alkanes) is 2. The van der Waals surface area contributed by atoms with Gasteiger partial charge in [-0.3, -0.25) is 9.59 Å². The first kappa shape index (κ1) is 19.2. The van der Waals surface area contributed by atoms with Crippen LogP contribution in [-0.2, 0) is 4.79 Å². The van der Waals surface area contributed by atoms with Crippen LogP contribution in [0, 0.1) is 0 Å². The number of hydrogen-bond donors (Lipinski definition) is 2. The quantitative estimate of drug-likeness (QED) is 0.379. The van der Waals surface area contributed by atoms with Crippen molar-refractivity contribution in [2.75, 3.05) is 5.75 Å². The molecule has 5 nitrogen and oxygen atoms in total. The number of hydrogen-bond acceptors (Lipinski definition) is 4. The molecule has 0 fully saturated rings. The fraction of sp³-hybridized carbons (Fsp3) is 0.421. The summed E-state index contributed by atoms with van der Waals surface area (Å²) in [5.74, 6) is 0.171. The minimum atomic E-state index is -0.752. The summed E-state index contributed by atoms with van der Waals surface area (Å²) in [6.07, 6.45) is 3.54. The largest absolute Gasteiger partial charge is 0.481 e. The molecule has 0 saturated heterocycles. The Hall–Kier alpha value is -2.08. The summed E-state index contributed by atoms with van der Waals surface area (Å²) in [6.45, 7) is 2.09. The maximum atomic E-state index is 12.0. The van der Waals surface area contributed by atoms with E-state index in [1.54, 1.807) is 6.07 Å². The number of rotatable bonds is 10. The van der Waals surface area contributed by atoms with E-state index in [-0.39, 0.29) is 17.9 Å². The van der Waals surface area contributed by atoms with Crippen LogP contribution in [0.15, 0.2) is 46.3 Å². The van der Waals surface area contributed by atoms with Gasteiger partial charge in [0.25, 0.3) is 5.56 Å². The Morgan fingerprint density at radius 1 is 1.24 bits per heavy atom. The molecule has 0 amide bonds. The Bertz CT molecular complexity index is 731. The van der Waals surface area contributed by atoms with E-state index in [4.69, 9.17) is 5.11 Å². The summed E-state index contributed by atoms with van der Waals surface area (Å²) < 4.78 is 0. The van der Waals surface area contributed by atoms with Crippen molar-refractivity contribution >= 4 is 17.7 Å². The number of carboxylic acid groups (broad SMARTS) is 1. The third-order valence-electron chi connectivity index (χ3n) is 3.98. The van der Waals surface area contributed by atoms with Crippen LogP contribution >= 0.6 is 11.8 Å². The molecule has 0 aliphatic rings. The van der Waals surface area contributed by atoms with Gasteiger partial charge in [-0.15, -0.1) is 0 Å². The molecule has 1 unspecified atom stereocenters. The van der Waals surface area contributed by atoms with Gasteiger partial charge in [-0.1, -0.05) is 55.4 Å². The lowest BCUT2D eigenvalue weighted by Crippen LogP contribution is -2.13. The summed E-state index contributed by atoms with van der Waals surface area (Å²) in [6, 6.07) is 11.7. The number of benzene rings is 1. The second kappa shape index (κ2) is 10.0. The fourth-order valence-electron chi connectivity index (χ4n) is 2.72. The lowest BCUT2D eigenvalue weighted by atomic mass is 9.93. The molecule has 1 aromatic heterocycles. The molecule has 0 aliphatic heterocycles. The van der Waals surface area contributed by atoms with Crippen molar-refractivity contribution in [3.63, 3.8) is 0 Å². The monoisotopic (exact) mass is 360 g/mol. The molecule has 2 aromatic rings. The van der Waals surface area contributed by atoms with Crippen molar-refractivity contribution < 1.29 is 9.90 Å². The molecule has 25 heavy (non-hydrogen) atoms. The molecule has 0 spiro atoms. The Labute approximate surface area is 151 Å². The van der Waals surface area contributed by atoms with Crippen molar-refractivity contribution in [2.24, 2.45) is 0 Å². The zero-order valence-electron chi connectivity index (χ0n) is 14.4. The van der Waals surface area contributed by atoms with Gasteiger partial charge in [-0.05, 0) is 24.8 Å². The van der Waals surface area contributed by atoms with E-state index >= 15 is 0 Å². The minimum Gasteiger partial charge on any atom is -0.481 e. The number of thioether (sulfide) groups is 1. The first-order valence-corrected chi connectivity index (χ1v) is 9.59. The normalized spacial score (nSPS) is 12.0. The van der Waals surface area contributed by atoms with Gasteiger partial charge in [0.2, 0.25) is 0 Å². The van der Waals surface area contributed by atoms with E-state index in [1.165, 1.54) is 11.8 Å². The molecule has 0 saturated carbocycles. The van der Waals surface area contributed by atoms with E-state index in [0.717, 1.165) is 36.3 Å². The number of nitrogens with one attached hydrogen (secondary N) is 1. The molecule has 1 aromatic carbocycles. The Morgan fingerprint density at radius 2 is 2.00 bits per heavy atom. The molecular formula is C19H24N2O3S. The first-order valence-electron chi connectivity index (χ1n) is 8.61. The second-order valence-electron chi connectivity index (χ2n) is 5.90. The number of aliphatic carboxylic acids is 1. The molecule has 134 valence electrons. The van der Waals surface area contributed by atoms with Crippen molar-refractivity contribution in [3.8, 4) is 0 Å². The number of nitrogens with zero attached hydrogens (tertiary/aromatic N) is 1. The highest BCUT2D eigenvalue weighted by atomic mass is 32.2. The highest BCUT2D eigenvalue weighted by molar-refractivity contribution is 7.99. The SMILES string of the molecule is CCC(c1ccccc1)c1cc(=O)[nH]c(SCCCCCC(=O)O)n1. The average molecular weight is 360 g/mol. The molecule has 2 N–H and O–H groups in total. The van der Waals surface area contributed by atoms with E-state index in [9.17, 15) is 9.59 Å². The van der Waals surface area contributed by atoms with Crippen LogP contribution in [0.5, 0.6) is 0 Å². The third-order valence-corrected chi connectivity index (χ3v) is 4.94. The second-order valence-corrected chi connectivity index (χ2v) is 6.98. The van der Waals surface area contributed by atoms with Crippen molar-refractivity contribution in [3.05, 3.63) is 58.0 Å². The van der Waals surface area contributed by atoms with Gasteiger partial charge in [0.1, 0.15) is 0 Å². The van der Waals surface area contributed by atoms with E-state index in [1.807, 2.05) is 18.2 Å². The average Bonchev–Trinajstić information content (AvgIpc) is 2.59. The van der Waals surface area contributed by atoms with Crippen LogP contribution < -0.4 is 5.56 Å². The standard InChI is InChI=1S/C19H24N2O3S/c1-2-15(14-9-5-3-6-10-14)16-13-17(22)21-19(20-16)25-12-8-4-7-11-18(23)24/h3,5-6,9-10,13,15H,2,4,7-8,11-12H2,1H3,(H,23,24)(H,20,21,22). The Kier molecular flexibility index (Phi) is 7.73. The summed E-state index contributed by atoms with van der Waals surface area (Å²) in [4.78, 5) is 29.9. The Balaban J connectivity index is 1.99. The van der Waals surface area contributed by atoms with Crippen molar-refractivity contribution in [1.82, 2.24) is 9.97 Å². The summed E-state index contributed by atoms with van der Waals surface area (Å²) >= 11 is 1.52. The number of aromatic amines is 1. The number of aromatic nitrogens is 2. The number of H-pyrrole nitrogens is 1. The topological polar surface area (TPSA) is 83.0 Å². The fourth-order valence-corrected chi connectivity index (χ4v) is 3.61. The van der Waals surface area contributed by atoms with Crippen molar-refractivity contribution in [1.29, 1.82) is 0 Å². The zero-order chi connectivity index (χ0) is 18.1. The summed E-state index contributed by atoms with van der Waals surface area (Å²) in [5, 5.41) is 9.26. The van der Waals surface area contributed by atoms with E-state index < -0.39 is 5.97 Å². The van der Waals surface area contributed by atoms with E-state index in [2.05, 4.69) is 29.0 Å². The van der Waals surface area contributed by atoms with Crippen LogP contribution in [0.4, 0.5) is 0 Å². The molecular weight excluding hydrogens is 336 g/mol. The maximum Gasteiger partial charge on any atom is 0.303 e. The van der Waals surface area contributed by atoms with Gasteiger partial charge in [0, 0.05) is 24.2 Å². The molecule has 0 radical (unpaired) electrons. The molecule has 1 atom stereocenters. The summed E-state index contributed by atoms with van der Waals surface area (Å²) in [7, 11) is 0. The number of carbonyl (C=O) groups is 1. The summed E-state index contributed by atoms with van der Waals surface area (Å²) in [5.41, 5.74) is 1.83. The van der Waals surface area contributed by atoms with Gasteiger partial charge in [-0.2, -0.15) is 0 Å². The zero-order valence-corrected chi connectivity index (χ0v) is 15.2. The van der Waals surface area contributed by atoms with Crippen LogP contribution in [0.3, 0.4) is 0 Å². The van der Waals surface area contributed by atoms with Gasteiger partial charge in [0.05, 0.1) is 5.69 Å². The third kappa shape index (κ3) is 6.38. The maximum absolute atomic E-state index is 12.0. The molecule has 6 heteroatoms. The molecule has 2 rings (SSSR count). The highest BCUT2D eigenvalue weighted by Crippen LogP contribution is 2.26. The van der Waals surface area contributed by atoms with Gasteiger partial charge in [-0.25, -0.2) is 4.98 Å². The number of carboxylic acids is 1. The predicted octanol–water partition coefficient (Wildman–Crippen LogP) is 4.05. The molecule has 0 bridgehead atoms. The smallest absolute Gasteiger partial charge is 0.303 e. The lowest BCUT2D eigenvalue weighted by Gasteiger charge is -2.15. The van der Waals surface area contributed by atoms with Gasteiger partial charge >= 0.3 is 5.97 Å². The van der Waals surface area contributed by atoms with Gasteiger partial charge in [0.15, 0.2) is 5.16 Å². The molecule has 1 heterocycles. The van der Waals surface area contributed by atoms with E-state index in [0.29, 0.717) is 11.6 Å². The lowest BCUT2D eigenvalue weighted by molar-refractivity contribution is -0.137. The highest BCUT2D eigenvalue weighted by Gasteiger charge is 2.15. The van der Waals surface area contributed by atoms with Gasteiger partial charge < -0.3 is 10.1 Å². The Morgan fingerprint density at radius 3 is 2.68 bits per heavy atom. The van der Waals surface area contributed by atoms with Crippen LogP contribution in [-0.4, -0.2) is 26.8 Å². The predicted molar refractivity (Wildman–Crippen MR) is 100 cm³/mol. The first-order chi connectivity index (χ1) is 12.1. The molecule has 0 aliphatic carbocycles. The van der Waals surface area contributed by atoms with Crippen LogP contribution in [0.1, 0.15) is 56.2 Å². The van der Waals surface area contributed by atoms with Crippen LogP contribution in [0.25, 0.3) is 0 Å².